The maximum absolute atomic E-state index is 12.4. The van der Waals surface area contributed by atoms with Gasteiger partial charge in [-0.15, -0.1) is 0 Å². The number of nitrogens with one attached hydrogen (secondary N) is 1. The van der Waals surface area contributed by atoms with Crippen molar-refractivity contribution in [2.24, 2.45) is 4.99 Å². The number of carbonyl (C=O) groups is 2. The second-order valence-corrected chi connectivity index (χ2v) is 8.65. The number of benzene rings is 1. The molecule has 0 bridgehead atoms. The van der Waals surface area contributed by atoms with Crippen molar-refractivity contribution in [2.45, 2.75) is 13.8 Å². The van der Waals surface area contributed by atoms with Crippen molar-refractivity contribution in [1.29, 1.82) is 0 Å². The molecule has 7 nitrogen and oxygen atoms in total. The highest BCUT2D eigenvalue weighted by Crippen LogP contribution is 2.36. The minimum absolute atomic E-state index is 0.0587. The number of Topliss-reactive ketones (excluding diaryl/α,β-unsaturated/α-hetero) is 1. The van der Waals surface area contributed by atoms with Crippen LogP contribution in [0.15, 0.2) is 27.7 Å². The maximum atomic E-state index is 12.4. The molecule has 1 aliphatic rings. The number of fused-ring (bicyclic) bond motifs is 1. The van der Waals surface area contributed by atoms with Crippen LogP contribution in [0.25, 0.3) is 5.57 Å². The van der Waals surface area contributed by atoms with E-state index in [1.165, 1.54) is 18.3 Å². The van der Waals surface area contributed by atoms with E-state index in [0.29, 0.717) is 41.9 Å². The molecular weight excluding hydrogens is 452 g/mol. The molecule has 3 aromatic rings. The van der Waals surface area contributed by atoms with Gasteiger partial charge in [-0.2, -0.15) is 4.98 Å². The second-order valence-electron chi connectivity index (χ2n) is 5.74. The van der Waals surface area contributed by atoms with Crippen LogP contribution in [-0.2, 0) is 4.79 Å². The third-order valence-corrected chi connectivity index (χ3v) is 6.47. The second kappa shape index (κ2) is 6.63. The smallest absolute Gasteiger partial charge is 0.279 e. The number of aromatic hydroxyl groups is 1. The van der Waals surface area contributed by atoms with Gasteiger partial charge in [0, 0.05) is 16.6 Å². The summed E-state index contributed by atoms with van der Waals surface area (Å²) in [4.78, 5) is 37.3. The predicted octanol–water partition coefficient (Wildman–Crippen LogP) is 2.68. The van der Waals surface area contributed by atoms with Crippen LogP contribution in [0, 0.1) is 6.92 Å². The van der Waals surface area contributed by atoms with E-state index >= 15 is 0 Å². The molecule has 4 rings (SSSR count). The Bertz CT molecular complexity index is 1250. The Labute approximate surface area is 169 Å². The number of carbonyl (C=O) groups excluding carboxylic acids is 2. The van der Waals surface area contributed by atoms with Gasteiger partial charge in [0.05, 0.1) is 21.5 Å². The van der Waals surface area contributed by atoms with Crippen molar-refractivity contribution in [2.75, 3.05) is 5.32 Å². The molecule has 0 radical (unpaired) electrons. The normalized spacial score (nSPS) is 12.9. The molecule has 0 saturated heterocycles. The van der Waals surface area contributed by atoms with Crippen LogP contribution < -0.4 is 15.9 Å². The molecule has 0 atom stereocenters. The Morgan fingerprint density at radius 2 is 1.96 bits per heavy atom. The van der Waals surface area contributed by atoms with Crippen LogP contribution in [0.4, 0.5) is 10.3 Å². The zero-order valence-corrected chi connectivity index (χ0v) is 17.3. The average Bonchev–Trinajstić information content (AvgIpc) is 3.22. The highest BCUT2D eigenvalue weighted by molar-refractivity contribution is 9.10. The third-order valence-electron chi connectivity index (χ3n) is 3.83. The topological polar surface area (TPSA) is 105 Å². The summed E-state index contributed by atoms with van der Waals surface area (Å²) in [7, 11) is 0. The van der Waals surface area contributed by atoms with E-state index < -0.39 is 5.91 Å². The van der Waals surface area contributed by atoms with E-state index in [-0.39, 0.29) is 11.7 Å². The van der Waals surface area contributed by atoms with Gasteiger partial charge in [0.25, 0.3) is 5.91 Å². The minimum atomic E-state index is -0.419. The summed E-state index contributed by atoms with van der Waals surface area (Å²) in [6.45, 7) is 3.24. The quantitative estimate of drug-likeness (QED) is 0.577. The van der Waals surface area contributed by atoms with Crippen LogP contribution in [0.1, 0.15) is 27.2 Å². The molecular formula is C17H11BrN4O3S2. The fourth-order valence-electron chi connectivity index (χ4n) is 2.70. The molecule has 0 spiro atoms. The number of thiazole rings is 2. The number of amides is 1. The number of aryl methyl sites for hydroxylation is 1. The molecule has 1 aliphatic heterocycles. The zero-order chi connectivity index (χ0) is 19.3. The first-order valence-corrected chi connectivity index (χ1v) is 10.1. The number of hydrogen-bond acceptors (Lipinski definition) is 8. The number of anilines is 2. The van der Waals surface area contributed by atoms with Crippen LogP contribution in [-0.4, -0.2) is 26.8 Å². The molecule has 2 N–H and O–H groups in total. The van der Waals surface area contributed by atoms with Crippen LogP contribution in [0.5, 0.6) is 5.88 Å². The molecule has 27 heavy (non-hydrogen) atoms. The number of ketones is 1. The first-order valence-electron chi connectivity index (χ1n) is 7.72. The van der Waals surface area contributed by atoms with Crippen LogP contribution in [0.2, 0.25) is 0 Å². The molecule has 0 saturated carbocycles. The lowest BCUT2D eigenvalue weighted by Gasteiger charge is -1.96. The standard InChI is InChI=1S/C17H11BrN4O3S2/c1-6-12(7(2)23)26-16(19-6)22-17-21-15(25)13(27-17)11-9-5-8(18)3-4-10(9)20-14(11)24/h3-5,25H,1-2H3,(H,19,21,22). The number of rotatable bonds is 4. The minimum Gasteiger partial charge on any atom is -0.492 e. The van der Waals surface area contributed by atoms with Gasteiger partial charge in [-0.05, 0) is 25.1 Å². The lowest BCUT2D eigenvalue weighted by Crippen LogP contribution is -2.22. The Morgan fingerprint density at radius 1 is 1.22 bits per heavy atom. The summed E-state index contributed by atoms with van der Waals surface area (Å²) < 4.78 is 0.807. The summed E-state index contributed by atoms with van der Waals surface area (Å²) in [6, 6.07) is 5.33. The summed E-state index contributed by atoms with van der Waals surface area (Å²) in [5, 5.41) is 15.3. The van der Waals surface area contributed by atoms with Gasteiger partial charge in [-0.3, -0.25) is 9.59 Å². The van der Waals surface area contributed by atoms with Gasteiger partial charge in [0.2, 0.25) is 5.88 Å². The molecule has 10 heteroatoms. The van der Waals surface area contributed by atoms with E-state index in [4.69, 9.17) is 0 Å². The number of aromatic nitrogens is 2. The predicted molar refractivity (Wildman–Crippen MR) is 106 cm³/mol. The van der Waals surface area contributed by atoms with Crippen LogP contribution >= 0.6 is 38.6 Å². The Hall–Kier alpha value is -2.43. The lowest BCUT2D eigenvalue weighted by atomic mass is 10.1. The first-order chi connectivity index (χ1) is 12.8. The largest absolute Gasteiger partial charge is 0.492 e. The van der Waals surface area contributed by atoms with Gasteiger partial charge in [0.1, 0.15) is 4.88 Å². The highest BCUT2D eigenvalue weighted by atomic mass is 79.9. The van der Waals surface area contributed by atoms with Crippen molar-refractivity contribution in [1.82, 2.24) is 9.97 Å². The molecule has 1 amide bonds. The fraction of sp³-hybridized carbons (Fsp3) is 0.118. The SMILES string of the molecule is CC(=O)c1sc(Nc2nc(O)c(C3=c4cc(Br)ccc4=NC3=O)s2)nc1C. The number of halogens is 1. The van der Waals surface area contributed by atoms with Crippen LogP contribution in [0.3, 0.4) is 0 Å². The highest BCUT2D eigenvalue weighted by Gasteiger charge is 2.25. The van der Waals surface area contributed by atoms with Gasteiger partial charge < -0.3 is 10.4 Å². The summed E-state index contributed by atoms with van der Waals surface area (Å²) >= 11 is 5.73. The molecule has 0 unspecified atom stereocenters. The van der Waals surface area contributed by atoms with Crippen molar-refractivity contribution >= 4 is 66.1 Å². The van der Waals surface area contributed by atoms with Crippen molar-refractivity contribution in [3.63, 3.8) is 0 Å². The Balaban J connectivity index is 1.76. The van der Waals surface area contributed by atoms with E-state index in [9.17, 15) is 14.7 Å². The maximum Gasteiger partial charge on any atom is 0.279 e. The molecule has 136 valence electrons. The fourth-order valence-corrected chi connectivity index (χ4v) is 4.90. The zero-order valence-electron chi connectivity index (χ0n) is 14.0. The summed E-state index contributed by atoms with van der Waals surface area (Å²) in [5.41, 5.74) is 0.947. The van der Waals surface area contributed by atoms with E-state index in [1.807, 2.05) is 0 Å². The molecule has 3 heterocycles. The van der Waals surface area contributed by atoms with Gasteiger partial charge in [-0.1, -0.05) is 38.6 Å². The molecule has 0 aliphatic carbocycles. The Kier molecular flexibility index (Phi) is 4.41. The number of hydrogen-bond donors (Lipinski definition) is 2. The van der Waals surface area contributed by atoms with Crippen molar-refractivity contribution in [3.8, 4) is 5.88 Å². The van der Waals surface area contributed by atoms with E-state index in [0.717, 1.165) is 15.8 Å². The molecule has 1 aromatic carbocycles. The van der Waals surface area contributed by atoms with Crippen molar-refractivity contribution < 1.29 is 14.7 Å². The van der Waals surface area contributed by atoms with Gasteiger partial charge in [-0.25, -0.2) is 9.98 Å². The average molecular weight is 463 g/mol. The first kappa shape index (κ1) is 18.0. The lowest BCUT2D eigenvalue weighted by molar-refractivity contribution is -0.112. The van der Waals surface area contributed by atoms with Gasteiger partial charge in [0.15, 0.2) is 16.0 Å². The third kappa shape index (κ3) is 3.20. The number of nitrogens with zero attached hydrogens (tertiary/aromatic N) is 3. The van der Waals surface area contributed by atoms with Crippen molar-refractivity contribution in [3.05, 3.63) is 48.7 Å². The summed E-state index contributed by atoms with van der Waals surface area (Å²) in [6.07, 6.45) is 0. The molecule has 0 fully saturated rings. The van der Waals surface area contributed by atoms with E-state index in [2.05, 4.69) is 36.2 Å². The molecule has 2 aromatic heterocycles. The Morgan fingerprint density at radius 3 is 2.67 bits per heavy atom. The monoisotopic (exact) mass is 462 g/mol. The van der Waals surface area contributed by atoms with E-state index in [1.54, 1.807) is 25.1 Å². The van der Waals surface area contributed by atoms with Gasteiger partial charge >= 0.3 is 0 Å². The summed E-state index contributed by atoms with van der Waals surface area (Å²) in [5.74, 6) is -0.733.